The van der Waals surface area contributed by atoms with Crippen molar-refractivity contribution in [1.82, 2.24) is 14.8 Å². The first kappa shape index (κ1) is 14.8. The van der Waals surface area contributed by atoms with Crippen molar-refractivity contribution < 1.29 is 0 Å². The molecule has 0 bridgehead atoms. The molecule has 1 saturated heterocycles. The fourth-order valence-electron chi connectivity index (χ4n) is 4.04. The van der Waals surface area contributed by atoms with Crippen LogP contribution in [0.15, 0.2) is 36.0 Å². The molecule has 122 valence electrons. The van der Waals surface area contributed by atoms with Crippen molar-refractivity contribution in [3.63, 3.8) is 0 Å². The molecular formula is C20H27N3. The summed E-state index contributed by atoms with van der Waals surface area (Å²) in [6, 6.07) is 8.83. The summed E-state index contributed by atoms with van der Waals surface area (Å²) in [5.74, 6) is 0. The third-order valence-corrected chi connectivity index (χ3v) is 5.44. The van der Waals surface area contributed by atoms with Gasteiger partial charge in [0.25, 0.3) is 0 Å². The van der Waals surface area contributed by atoms with Gasteiger partial charge in [-0.05, 0) is 37.8 Å². The van der Waals surface area contributed by atoms with Crippen LogP contribution in [0.4, 0.5) is 0 Å². The highest BCUT2D eigenvalue weighted by atomic mass is 15.2. The lowest BCUT2D eigenvalue weighted by Gasteiger charge is -2.28. The summed E-state index contributed by atoms with van der Waals surface area (Å²) >= 11 is 0. The largest absolute Gasteiger partial charge is 0.389 e. The van der Waals surface area contributed by atoms with E-state index in [2.05, 4.69) is 52.0 Å². The molecule has 23 heavy (non-hydrogen) atoms. The van der Waals surface area contributed by atoms with Crippen LogP contribution in [0, 0.1) is 6.92 Å². The first-order chi connectivity index (χ1) is 11.3. The average molecular weight is 309 g/mol. The number of fused-ring (bicyclic) bond motifs is 3. The number of rotatable bonds is 2. The Kier molecular flexibility index (Phi) is 4.13. The van der Waals surface area contributed by atoms with Gasteiger partial charge >= 0.3 is 0 Å². The maximum absolute atomic E-state index is 3.60. The molecular weight excluding hydrogens is 282 g/mol. The highest BCUT2D eigenvalue weighted by molar-refractivity contribution is 5.85. The number of aromatic nitrogens is 1. The minimum absolute atomic E-state index is 1.07. The van der Waals surface area contributed by atoms with Crippen molar-refractivity contribution in [2.24, 2.45) is 0 Å². The fourth-order valence-corrected chi connectivity index (χ4v) is 4.04. The maximum Gasteiger partial charge on any atom is 0.0486 e. The molecule has 0 aliphatic carbocycles. The summed E-state index contributed by atoms with van der Waals surface area (Å²) in [6.07, 6.45) is 7.69. The van der Waals surface area contributed by atoms with Crippen LogP contribution in [0.2, 0.25) is 0 Å². The molecule has 0 radical (unpaired) electrons. The van der Waals surface area contributed by atoms with Crippen LogP contribution < -0.4 is 5.32 Å². The molecule has 1 N–H and O–H groups in total. The molecule has 2 aromatic rings. The van der Waals surface area contributed by atoms with Crippen molar-refractivity contribution in [3.05, 3.63) is 47.3 Å². The number of para-hydroxylation sites is 1. The quantitative estimate of drug-likeness (QED) is 0.910. The van der Waals surface area contributed by atoms with E-state index in [0.717, 1.165) is 32.7 Å². The van der Waals surface area contributed by atoms with E-state index in [1.807, 2.05) is 0 Å². The number of allylic oxidation sites excluding steroid dienone is 1. The van der Waals surface area contributed by atoms with Gasteiger partial charge < -0.3 is 9.88 Å². The van der Waals surface area contributed by atoms with E-state index in [4.69, 9.17) is 0 Å². The summed E-state index contributed by atoms with van der Waals surface area (Å²) in [6.45, 7) is 7.84. The highest BCUT2D eigenvalue weighted by Gasteiger charge is 2.20. The van der Waals surface area contributed by atoms with Gasteiger partial charge in [-0.15, -0.1) is 0 Å². The molecule has 4 rings (SSSR count). The van der Waals surface area contributed by atoms with E-state index in [-0.39, 0.29) is 0 Å². The first-order valence-corrected chi connectivity index (χ1v) is 9.05. The van der Waals surface area contributed by atoms with Crippen LogP contribution in [0.3, 0.4) is 0 Å². The smallest absolute Gasteiger partial charge is 0.0486 e. The van der Waals surface area contributed by atoms with Gasteiger partial charge in [0.15, 0.2) is 0 Å². The van der Waals surface area contributed by atoms with Gasteiger partial charge in [0.2, 0.25) is 0 Å². The third kappa shape index (κ3) is 2.90. The monoisotopic (exact) mass is 309 g/mol. The fraction of sp³-hybridized carbons (Fsp3) is 0.500. The maximum atomic E-state index is 3.60. The summed E-state index contributed by atoms with van der Waals surface area (Å²) in [5, 5.41) is 5.03. The second kappa shape index (κ2) is 6.40. The Hall–Kier alpha value is -1.74. The zero-order valence-electron chi connectivity index (χ0n) is 14.1. The van der Waals surface area contributed by atoms with Crippen LogP contribution in [-0.4, -0.2) is 29.1 Å². The molecule has 2 aliphatic rings. The van der Waals surface area contributed by atoms with Gasteiger partial charge in [0, 0.05) is 55.0 Å². The molecule has 0 saturated carbocycles. The third-order valence-electron chi connectivity index (χ3n) is 5.44. The number of nitrogens with one attached hydrogen (secondary N) is 1. The van der Waals surface area contributed by atoms with Crippen molar-refractivity contribution in [2.45, 2.75) is 45.7 Å². The predicted octanol–water partition coefficient (Wildman–Crippen LogP) is 3.81. The Labute approximate surface area is 139 Å². The second-order valence-corrected chi connectivity index (χ2v) is 6.94. The number of aryl methyl sites for hydroxylation is 1. The van der Waals surface area contributed by atoms with E-state index < -0.39 is 0 Å². The topological polar surface area (TPSA) is 20.2 Å². The molecule has 3 heterocycles. The molecule has 0 amide bonds. The van der Waals surface area contributed by atoms with Crippen LogP contribution in [-0.2, 0) is 13.1 Å². The Morgan fingerprint density at radius 3 is 3.00 bits per heavy atom. The Morgan fingerprint density at radius 2 is 2.04 bits per heavy atom. The zero-order chi connectivity index (χ0) is 15.6. The van der Waals surface area contributed by atoms with Crippen LogP contribution >= 0.6 is 0 Å². The summed E-state index contributed by atoms with van der Waals surface area (Å²) in [7, 11) is 0. The molecule has 0 atom stereocenters. The van der Waals surface area contributed by atoms with Gasteiger partial charge in [-0.2, -0.15) is 0 Å². The SMILES string of the molecule is Cc1c2n(c3ccccc13)CCN(CC=C1CCCCCN1)C2. The zero-order valence-corrected chi connectivity index (χ0v) is 14.1. The summed E-state index contributed by atoms with van der Waals surface area (Å²) in [5.41, 5.74) is 5.84. The molecule has 0 spiro atoms. The molecule has 3 heteroatoms. The number of hydrogen-bond acceptors (Lipinski definition) is 2. The standard InChI is InChI=1S/C20H27N3/c1-16-18-8-4-5-9-19(18)23-14-13-22(15-20(16)23)12-10-17-7-3-2-6-11-21-17/h4-5,8-10,21H,2-3,6-7,11-15H2,1H3. The Bertz CT molecular complexity index is 716. The highest BCUT2D eigenvalue weighted by Crippen LogP contribution is 2.28. The molecule has 1 aromatic heterocycles. The summed E-state index contributed by atoms with van der Waals surface area (Å²) in [4.78, 5) is 2.58. The molecule has 1 fully saturated rings. The van der Waals surface area contributed by atoms with E-state index in [9.17, 15) is 0 Å². The van der Waals surface area contributed by atoms with Crippen LogP contribution in [0.1, 0.15) is 36.9 Å². The molecule has 3 nitrogen and oxygen atoms in total. The van der Waals surface area contributed by atoms with Gasteiger partial charge in [-0.1, -0.05) is 30.7 Å². The first-order valence-electron chi connectivity index (χ1n) is 9.05. The Morgan fingerprint density at radius 1 is 1.13 bits per heavy atom. The number of hydrogen-bond donors (Lipinski definition) is 1. The van der Waals surface area contributed by atoms with Gasteiger partial charge in [0.1, 0.15) is 0 Å². The molecule has 2 aliphatic heterocycles. The van der Waals surface area contributed by atoms with Gasteiger partial charge in [-0.25, -0.2) is 0 Å². The molecule has 1 aromatic carbocycles. The van der Waals surface area contributed by atoms with E-state index in [0.29, 0.717) is 0 Å². The summed E-state index contributed by atoms with van der Waals surface area (Å²) < 4.78 is 2.53. The lowest BCUT2D eigenvalue weighted by molar-refractivity contribution is 0.245. The van der Waals surface area contributed by atoms with Crippen molar-refractivity contribution in [2.75, 3.05) is 19.6 Å². The second-order valence-electron chi connectivity index (χ2n) is 6.94. The van der Waals surface area contributed by atoms with Gasteiger partial charge in [0.05, 0.1) is 0 Å². The number of nitrogens with zero attached hydrogens (tertiary/aromatic N) is 2. The van der Waals surface area contributed by atoms with Crippen molar-refractivity contribution in [3.8, 4) is 0 Å². The van der Waals surface area contributed by atoms with E-state index in [1.165, 1.54) is 53.5 Å². The lowest BCUT2D eigenvalue weighted by Crippen LogP contribution is -2.34. The van der Waals surface area contributed by atoms with Crippen LogP contribution in [0.5, 0.6) is 0 Å². The van der Waals surface area contributed by atoms with Crippen molar-refractivity contribution >= 4 is 10.9 Å². The van der Waals surface area contributed by atoms with E-state index in [1.54, 1.807) is 0 Å². The van der Waals surface area contributed by atoms with Gasteiger partial charge in [-0.3, -0.25) is 4.90 Å². The lowest BCUT2D eigenvalue weighted by atomic mass is 10.1. The average Bonchev–Trinajstić information content (AvgIpc) is 2.76. The Balaban J connectivity index is 1.51. The number of benzene rings is 1. The predicted molar refractivity (Wildman–Crippen MR) is 96.5 cm³/mol. The molecule has 0 unspecified atom stereocenters. The minimum Gasteiger partial charge on any atom is -0.389 e. The normalized spacial score (nSPS) is 21.2. The van der Waals surface area contributed by atoms with Crippen LogP contribution in [0.25, 0.3) is 10.9 Å². The van der Waals surface area contributed by atoms with E-state index >= 15 is 0 Å². The van der Waals surface area contributed by atoms with Crippen molar-refractivity contribution in [1.29, 1.82) is 0 Å². The minimum atomic E-state index is 1.07.